The van der Waals surface area contributed by atoms with Crippen molar-refractivity contribution >= 4 is 16.6 Å². The highest BCUT2D eigenvalue weighted by molar-refractivity contribution is 5.97. The van der Waals surface area contributed by atoms with E-state index in [0.29, 0.717) is 5.52 Å². The van der Waals surface area contributed by atoms with E-state index in [-0.39, 0.29) is 0 Å². The van der Waals surface area contributed by atoms with Gasteiger partial charge >= 0.3 is 0 Å². The van der Waals surface area contributed by atoms with Crippen LogP contribution in [-0.4, -0.2) is 9.97 Å². The highest BCUT2D eigenvalue weighted by Gasteiger charge is 2.14. The molecule has 0 fully saturated rings. The minimum absolute atomic E-state index is 0.456. The van der Waals surface area contributed by atoms with Crippen LogP contribution in [0, 0.1) is 5.95 Å². The number of aromatic nitrogens is 2. The first kappa shape index (κ1) is 13.0. The highest BCUT2D eigenvalue weighted by Crippen LogP contribution is 2.34. The van der Waals surface area contributed by atoms with Gasteiger partial charge in [0.05, 0.1) is 11.0 Å². The monoisotopic (exact) mass is 290 g/mol. The van der Waals surface area contributed by atoms with Crippen LogP contribution in [0.2, 0.25) is 0 Å². The van der Waals surface area contributed by atoms with Gasteiger partial charge in [0.1, 0.15) is 0 Å². The second-order valence-corrected chi connectivity index (χ2v) is 5.42. The fourth-order valence-electron chi connectivity index (χ4n) is 2.96. The van der Waals surface area contributed by atoms with Gasteiger partial charge < -0.3 is 4.98 Å². The van der Waals surface area contributed by atoms with Crippen LogP contribution in [0.5, 0.6) is 0 Å². The largest absolute Gasteiger partial charge is 0.359 e. The van der Waals surface area contributed by atoms with Crippen molar-refractivity contribution in [2.75, 3.05) is 0 Å². The molecule has 2 heterocycles. The minimum Gasteiger partial charge on any atom is -0.359 e. The molecule has 1 aromatic carbocycles. The molecule has 0 unspecified atom stereocenters. The van der Waals surface area contributed by atoms with E-state index in [4.69, 9.17) is 0 Å². The lowest BCUT2D eigenvalue weighted by atomic mass is 9.92. The molecule has 0 saturated heterocycles. The van der Waals surface area contributed by atoms with Crippen LogP contribution >= 0.6 is 0 Å². The van der Waals surface area contributed by atoms with Gasteiger partial charge in [-0.2, -0.15) is 4.39 Å². The van der Waals surface area contributed by atoms with Crippen LogP contribution in [0.15, 0.2) is 60.8 Å². The number of pyridine rings is 1. The third-order valence-electron chi connectivity index (χ3n) is 4.01. The summed E-state index contributed by atoms with van der Waals surface area (Å²) in [5.74, 6) is -0.456. The first-order chi connectivity index (χ1) is 10.8. The summed E-state index contributed by atoms with van der Waals surface area (Å²) in [6, 6.07) is 11.3. The van der Waals surface area contributed by atoms with Gasteiger partial charge in [0.25, 0.3) is 0 Å². The molecule has 22 heavy (non-hydrogen) atoms. The number of hydrogen-bond acceptors (Lipinski definition) is 1. The molecule has 3 aromatic rings. The number of benzene rings is 1. The quantitative estimate of drug-likeness (QED) is 0.653. The van der Waals surface area contributed by atoms with Crippen molar-refractivity contribution in [3.63, 3.8) is 0 Å². The minimum atomic E-state index is -0.456. The molecular weight excluding hydrogens is 275 g/mol. The first-order valence-electron chi connectivity index (χ1n) is 7.43. The second-order valence-electron chi connectivity index (χ2n) is 5.42. The normalized spacial score (nSPS) is 14.3. The van der Waals surface area contributed by atoms with E-state index < -0.39 is 5.95 Å². The smallest absolute Gasteiger partial charge is 0.213 e. The van der Waals surface area contributed by atoms with Crippen molar-refractivity contribution in [2.45, 2.75) is 12.8 Å². The zero-order chi connectivity index (χ0) is 14.9. The molecule has 2 nitrogen and oxygen atoms in total. The standard InChI is InChI=1S/C19H15FN2/c20-18-11-10-17-19(22-18)16(12-21-17)15-9-5-4-8-14(15)13-6-2-1-3-7-13/h2,4-12,21H,1,3H2. The lowest BCUT2D eigenvalue weighted by Gasteiger charge is -2.12. The predicted molar refractivity (Wildman–Crippen MR) is 87.8 cm³/mol. The molecule has 3 heteroatoms. The molecule has 0 aliphatic heterocycles. The Morgan fingerprint density at radius 1 is 0.955 bits per heavy atom. The topological polar surface area (TPSA) is 28.7 Å². The predicted octanol–water partition coefficient (Wildman–Crippen LogP) is 5.10. The first-order valence-corrected chi connectivity index (χ1v) is 7.43. The lowest BCUT2D eigenvalue weighted by molar-refractivity contribution is 0.589. The van der Waals surface area contributed by atoms with Crippen molar-refractivity contribution in [3.8, 4) is 11.1 Å². The Labute approximate surface area is 128 Å². The average Bonchev–Trinajstić information content (AvgIpc) is 2.98. The van der Waals surface area contributed by atoms with Crippen LogP contribution in [0.1, 0.15) is 18.4 Å². The molecule has 2 aromatic heterocycles. The van der Waals surface area contributed by atoms with E-state index in [1.54, 1.807) is 6.07 Å². The van der Waals surface area contributed by atoms with Crippen molar-refractivity contribution in [1.82, 2.24) is 9.97 Å². The number of fused-ring (bicyclic) bond motifs is 1. The molecule has 0 saturated carbocycles. The van der Waals surface area contributed by atoms with Gasteiger partial charge in [-0.25, -0.2) is 4.98 Å². The fourth-order valence-corrected chi connectivity index (χ4v) is 2.96. The maximum atomic E-state index is 13.5. The Hall–Kier alpha value is -2.68. The molecule has 4 rings (SSSR count). The molecular formula is C19H15FN2. The van der Waals surface area contributed by atoms with Gasteiger partial charge in [0, 0.05) is 11.8 Å². The van der Waals surface area contributed by atoms with Crippen molar-refractivity contribution in [1.29, 1.82) is 0 Å². The van der Waals surface area contributed by atoms with Crippen LogP contribution in [-0.2, 0) is 0 Å². The van der Waals surface area contributed by atoms with Crippen LogP contribution in [0.25, 0.3) is 27.7 Å². The van der Waals surface area contributed by atoms with E-state index in [2.05, 4.69) is 40.3 Å². The molecule has 1 N–H and O–H groups in total. The van der Waals surface area contributed by atoms with Gasteiger partial charge in [0.15, 0.2) is 0 Å². The third-order valence-corrected chi connectivity index (χ3v) is 4.01. The number of allylic oxidation sites excluding steroid dienone is 4. The van der Waals surface area contributed by atoms with E-state index in [9.17, 15) is 4.39 Å². The Bertz CT molecular complexity index is 903. The van der Waals surface area contributed by atoms with Gasteiger partial charge in [-0.1, -0.05) is 42.5 Å². The van der Waals surface area contributed by atoms with Gasteiger partial charge in [-0.15, -0.1) is 0 Å². The third kappa shape index (κ3) is 2.15. The van der Waals surface area contributed by atoms with E-state index in [1.807, 2.05) is 18.3 Å². The number of nitrogens with zero attached hydrogens (tertiary/aromatic N) is 1. The summed E-state index contributed by atoms with van der Waals surface area (Å²) in [7, 11) is 0. The zero-order valence-electron chi connectivity index (χ0n) is 12.0. The number of halogens is 1. The zero-order valence-corrected chi connectivity index (χ0v) is 12.0. The maximum Gasteiger partial charge on any atom is 0.213 e. The number of rotatable bonds is 2. The maximum absolute atomic E-state index is 13.5. The van der Waals surface area contributed by atoms with E-state index in [0.717, 1.165) is 35.0 Å². The molecule has 0 radical (unpaired) electrons. The van der Waals surface area contributed by atoms with E-state index in [1.165, 1.54) is 11.6 Å². The average molecular weight is 290 g/mol. The van der Waals surface area contributed by atoms with Gasteiger partial charge in [-0.05, 0) is 41.7 Å². The van der Waals surface area contributed by atoms with Crippen LogP contribution in [0.3, 0.4) is 0 Å². The lowest BCUT2D eigenvalue weighted by Crippen LogP contribution is -1.91. The number of H-pyrrole nitrogens is 1. The molecule has 108 valence electrons. The Morgan fingerprint density at radius 2 is 1.82 bits per heavy atom. The van der Waals surface area contributed by atoms with Crippen LogP contribution in [0.4, 0.5) is 4.39 Å². The van der Waals surface area contributed by atoms with Crippen molar-refractivity contribution in [3.05, 3.63) is 72.3 Å². The molecule has 0 amide bonds. The summed E-state index contributed by atoms with van der Waals surface area (Å²) in [5, 5.41) is 0. The molecule has 1 aliphatic carbocycles. The Morgan fingerprint density at radius 3 is 2.64 bits per heavy atom. The van der Waals surface area contributed by atoms with Crippen LogP contribution < -0.4 is 0 Å². The second kappa shape index (κ2) is 5.26. The fraction of sp³-hybridized carbons (Fsp3) is 0.105. The highest BCUT2D eigenvalue weighted by atomic mass is 19.1. The number of nitrogens with one attached hydrogen (secondary N) is 1. The van der Waals surface area contributed by atoms with Gasteiger partial charge in [0.2, 0.25) is 5.95 Å². The van der Waals surface area contributed by atoms with Crippen molar-refractivity contribution < 1.29 is 4.39 Å². The Kier molecular flexibility index (Phi) is 3.11. The summed E-state index contributed by atoms with van der Waals surface area (Å²) in [6.07, 6.45) is 10.7. The molecule has 0 spiro atoms. The summed E-state index contributed by atoms with van der Waals surface area (Å²) in [6.45, 7) is 0. The summed E-state index contributed by atoms with van der Waals surface area (Å²) < 4.78 is 13.5. The summed E-state index contributed by atoms with van der Waals surface area (Å²) in [5.41, 5.74) is 5.90. The number of aromatic amines is 1. The Balaban J connectivity index is 1.94. The van der Waals surface area contributed by atoms with Gasteiger partial charge in [-0.3, -0.25) is 0 Å². The SMILES string of the molecule is Fc1ccc2[nH]cc(-c3ccccc3C3=CCCC=C3)c2n1. The molecule has 0 bridgehead atoms. The van der Waals surface area contributed by atoms with Crippen molar-refractivity contribution in [2.24, 2.45) is 0 Å². The van der Waals surface area contributed by atoms with E-state index >= 15 is 0 Å². The number of hydrogen-bond donors (Lipinski definition) is 1. The molecule has 1 aliphatic rings. The summed E-state index contributed by atoms with van der Waals surface area (Å²) in [4.78, 5) is 7.24. The summed E-state index contributed by atoms with van der Waals surface area (Å²) >= 11 is 0. The molecule has 0 atom stereocenters.